The van der Waals surface area contributed by atoms with Crippen LogP contribution in [0, 0.1) is 0 Å². The number of ether oxygens (including phenoxy) is 2. The van der Waals surface area contributed by atoms with Gasteiger partial charge in [-0.15, -0.1) is 0 Å². The molecule has 1 saturated carbocycles. The van der Waals surface area contributed by atoms with Gasteiger partial charge in [0.1, 0.15) is 0 Å². The van der Waals surface area contributed by atoms with Gasteiger partial charge in [-0.3, -0.25) is 0 Å². The Morgan fingerprint density at radius 3 is 2.75 bits per heavy atom. The van der Waals surface area contributed by atoms with E-state index in [-0.39, 0.29) is 18.2 Å². The maximum atomic E-state index is 5.72. The zero-order valence-electron chi connectivity index (χ0n) is 7.95. The van der Waals surface area contributed by atoms with Crippen molar-refractivity contribution in [1.29, 1.82) is 0 Å². The molecule has 3 unspecified atom stereocenters. The van der Waals surface area contributed by atoms with Gasteiger partial charge in [0.2, 0.25) is 0 Å². The summed E-state index contributed by atoms with van der Waals surface area (Å²) >= 11 is 0. The molecule has 3 heteroatoms. The molecule has 1 aliphatic rings. The van der Waals surface area contributed by atoms with Crippen LogP contribution >= 0.6 is 0 Å². The zero-order valence-corrected chi connectivity index (χ0v) is 7.95. The normalized spacial score (nSPS) is 34.8. The molecule has 1 fully saturated rings. The van der Waals surface area contributed by atoms with Crippen molar-refractivity contribution in [3.05, 3.63) is 0 Å². The topological polar surface area (TPSA) is 44.5 Å². The molecule has 12 heavy (non-hydrogen) atoms. The molecule has 0 saturated heterocycles. The van der Waals surface area contributed by atoms with Gasteiger partial charge in [0.05, 0.1) is 12.2 Å². The van der Waals surface area contributed by atoms with Crippen molar-refractivity contribution < 1.29 is 9.47 Å². The minimum atomic E-state index is 0.127. The van der Waals surface area contributed by atoms with Crippen LogP contribution in [0.4, 0.5) is 0 Å². The van der Waals surface area contributed by atoms with Crippen molar-refractivity contribution in [1.82, 2.24) is 0 Å². The standard InChI is InChI=1S/C9H19NO2/c1-3-4-5-12-8-6-7(10)9(8)11-2/h7-9H,3-6,10H2,1-2H3. The van der Waals surface area contributed by atoms with E-state index < -0.39 is 0 Å². The van der Waals surface area contributed by atoms with Crippen LogP contribution in [0.15, 0.2) is 0 Å². The highest BCUT2D eigenvalue weighted by Crippen LogP contribution is 2.25. The molecule has 0 aromatic rings. The lowest BCUT2D eigenvalue weighted by atomic mass is 9.86. The second-order valence-electron chi connectivity index (χ2n) is 3.36. The van der Waals surface area contributed by atoms with Crippen LogP contribution in [0.5, 0.6) is 0 Å². The maximum Gasteiger partial charge on any atom is 0.0984 e. The lowest BCUT2D eigenvalue weighted by molar-refractivity contribution is -0.126. The summed E-state index contributed by atoms with van der Waals surface area (Å²) in [4.78, 5) is 0. The highest BCUT2D eigenvalue weighted by atomic mass is 16.5. The average molecular weight is 173 g/mol. The first-order chi connectivity index (χ1) is 5.79. The van der Waals surface area contributed by atoms with E-state index >= 15 is 0 Å². The Kier molecular flexibility index (Phi) is 3.98. The van der Waals surface area contributed by atoms with Crippen LogP contribution in [0.2, 0.25) is 0 Å². The van der Waals surface area contributed by atoms with E-state index in [1.807, 2.05) is 0 Å². The molecule has 0 amide bonds. The molecule has 3 nitrogen and oxygen atoms in total. The van der Waals surface area contributed by atoms with Crippen molar-refractivity contribution in [3.63, 3.8) is 0 Å². The van der Waals surface area contributed by atoms with Crippen molar-refractivity contribution in [2.24, 2.45) is 5.73 Å². The van der Waals surface area contributed by atoms with Crippen LogP contribution in [0.1, 0.15) is 26.2 Å². The lowest BCUT2D eigenvalue weighted by Crippen LogP contribution is -2.57. The van der Waals surface area contributed by atoms with Crippen molar-refractivity contribution in [2.45, 2.75) is 44.4 Å². The zero-order chi connectivity index (χ0) is 8.97. The molecule has 72 valence electrons. The molecule has 0 aliphatic heterocycles. The fourth-order valence-electron chi connectivity index (χ4n) is 1.48. The predicted molar refractivity (Wildman–Crippen MR) is 48.0 cm³/mol. The van der Waals surface area contributed by atoms with Gasteiger partial charge in [-0.25, -0.2) is 0 Å². The highest BCUT2D eigenvalue weighted by molar-refractivity contribution is 4.94. The van der Waals surface area contributed by atoms with Crippen molar-refractivity contribution in [2.75, 3.05) is 13.7 Å². The molecule has 0 aromatic heterocycles. The minimum Gasteiger partial charge on any atom is -0.377 e. The third kappa shape index (κ3) is 2.19. The van der Waals surface area contributed by atoms with Gasteiger partial charge in [-0.05, 0) is 12.8 Å². The minimum absolute atomic E-state index is 0.127. The Morgan fingerprint density at radius 2 is 2.25 bits per heavy atom. The molecule has 0 spiro atoms. The molecule has 1 rings (SSSR count). The third-order valence-corrected chi connectivity index (χ3v) is 2.39. The van der Waals surface area contributed by atoms with Gasteiger partial charge < -0.3 is 15.2 Å². The van der Waals surface area contributed by atoms with Gasteiger partial charge in [0, 0.05) is 19.8 Å². The summed E-state index contributed by atoms with van der Waals surface area (Å²) in [6.45, 7) is 3.00. The number of nitrogens with two attached hydrogens (primary N) is 1. The first-order valence-corrected chi connectivity index (χ1v) is 4.69. The summed E-state index contributed by atoms with van der Waals surface area (Å²) in [6, 6.07) is 0.182. The van der Waals surface area contributed by atoms with Gasteiger partial charge in [-0.2, -0.15) is 0 Å². The van der Waals surface area contributed by atoms with Crippen LogP contribution in [0.25, 0.3) is 0 Å². The van der Waals surface area contributed by atoms with Crippen molar-refractivity contribution in [3.8, 4) is 0 Å². The Balaban J connectivity index is 2.09. The quantitative estimate of drug-likeness (QED) is 0.629. The van der Waals surface area contributed by atoms with E-state index in [4.69, 9.17) is 15.2 Å². The van der Waals surface area contributed by atoms with E-state index in [0.29, 0.717) is 0 Å². The van der Waals surface area contributed by atoms with Crippen molar-refractivity contribution >= 4 is 0 Å². The highest BCUT2D eigenvalue weighted by Gasteiger charge is 2.39. The Bertz CT molecular complexity index is 130. The SMILES string of the molecule is CCCCOC1CC(N)C1OC. The Labute approximate surface area is 74.2 Å². The summed E-state index contributed by atoms with van der Waals surface area (Å²) in [5.74, 6) is 0. The number of unbranched alkanes of at least 4 members (excludes halogenated alkanes) is 1. The van der Waals surface area contributed by atoms with E-state index in [9.17, 15) is 0 Å². The molecular weight excluding hydrogens is 154 g/mol. The Hall–Kier alpha value is -0.120. The second-order valence-corrected chi connectivity index (χ2v) is 3.36. The maximum absolute atomic E-state index is 5.72. The van der Waals surface area contributed by atoms with Gasteiger partial charge in [-0.1, -0.05) is 13.3 Å². The van der Waals surface area contributed by atoms with Crippen LogP contribution in [-0.2, 0) is 9.47 Å². The molecule has 0 aromatic carbocycles. The number of rotatable bonds is 5. The summed E-state index contributed by atoms with van der Waals surface area (Å²) < 4.78 is 10.8. The van der Waals surface area contributed by atoms with Gasteiger partial charge in [0.25, 0.3) is 0 Å². The molecule has 1 aliphatic carbocycles. The van der Waals surface area contributed by atoms with E-state index in [1.165, 1.54) is 6.42 Å². The summed E-state index contributed by atoms with van der Waals surface area (Å²) in [5, 5.41) is 0. The van der Waals surface area contributed by atoms with Crippen LogP contribution in [-0.4, -0.2) is 32.0 Å². The van der Waals surface area contributed by atoms with E-state index in [1.54, 1.807) is 7.11 Å². The number of hydrogen-bond donors (Lipinski definition) is 1. The fourth-order valence-corrected chi connectivity index (χ4v) is 1.48. The fraction of sp³-hybridized carbons (Fsp3) is 1.00. The second kappa shape index (κ2) is 4.80. The predicted octanol–water partition coefficient (Wildman–Crippen LogP) is 0.918. The molecule has 0 radical (unpaired) electrons. The monoisotopic (exact) mass is 173 g/mol. The smallest absolute Gasteiger partial charge is 0.0984 e. The summed E-state index contributed by atoms with van der Waals surface area (Å²) in [5.41, 5.74) is 5.72. The number of methoxy groups -OCH3 is 1. The molecule has 2 N–H and O–H groups in total. The average Bonchev–Trinajstić information content (AvgIpc) is 2.04. The summed E-state index contributed by atoms with van der Waals surface area (Å²) in [7, 11) is 1.69. The molecule has 3 atom stereocenters. The third-order valence-electron chi connectivity index (χ3n) is 2.39. The molecule has 0 bridgehead atoms. The summed E-state index contributed by atoms with van der Waals surface area (Å²) in [6.07, 6.45) is 3.62. The van der Waals surface area contributed by atoms with E-state index in [0.717, 1.165) is 19.4 Å². The lowest BCUT2D eigenvalue weighted by Gasteiger charge is -2.40. The van der Waals surface area contributed by atoms with Crippen LogP contribution in [0.3, 0.4) is 0 Å². The Morgan fingerprint density at radius 1 is 1.50 bits per heavy atom. The van der Waals surface area contributed by atoms with Crippen LogP contribution < -0.4 is 5.73 Å². The molecular formula is C9H19NO2. The van der Waals surface area contributed by atoms with Gasteiger partial charge in [0.15, 0.2) is 0 Å². The molecule has 0 heterocycles. The largest absolute Gasteiger partial charge is 0.377 e. The first kappa shape index (κ1) is 9.96. The first-order valence-electron chi connectivity index (χ1n) is 4.69. The van der Waals surface area contributed by atoms with E-state index in [2.05, 4.69) is 6.92 Å². The van der Waals surface area contributed by atoms with Gasteiger partial charge >= 0.3 is 0 Å². The number of hydrogen-bond acceptors (Lipinski definition) is 3.